The number of nitrogens with one attached hydrogen (secondary N) is 1. The molecule has 0 bridgehead atoms. The predicted molar refractivity (Wildman–Crippen MR) is 72.2 cm³/mol. The molecule has 0 aromatic heterocycles. The van der Waals surface area contributed by atoms with Gasteiger partial charge in [-0.2, -0.15) is 13.2 Å². The molecule has 1 N–H and O–H groups in total. The molecule has 1 nitrogen and oxygen atoms in total. The van der Waals surface area contributed by atoms with E-state index in [-0.39, 0.29) is 18.3 Å². The smallest absolute Gasteiger partial charge is 0.314 e. The van der Waals surface area contributed by atoms with Crippen LogP contribution in [0.15, 0.2) is 18.2 Å². The minimum atomic E-state index is -4.13. The molecule has 114 valence electrons. The summed E-state index contributed by atoms with van der Waals surface area (Å²) in [5.74, 6) is -0.320. The summed E-state index contributed by atoms with van der Waals surface area (Å²) in [4.78, 5) is 0. The maximum absolute atomic E-state index is 13.0. The number of rotatable bonds is 7. The molecule has 0 aliphatic rings. The van der Waals surface area contributed by atoms with Crippen LogP contribution in [0.2, 0.25) is 0 Å². The van der Waals surface area contributed by atoms with Gasteiger partial charge in [-0.3, -0.25) is 0 Å². The van der Waals surface area contributed by atoms with Crippen LogP contribution in [0, 0.1) is 12.7 Å². The first kappa shape index (κ1) is 17.0. The maximum atomic E-state index is 13.0. The summed E-state index contributed by atoms with van der Waals surface area (Å²) in [7, 11) is 0. The zero-order chi connectivity index (χ0) is 15.2. The van der Waals surface area contributed by atoms with E-state index < -0.39 is 12.6 Å². The van der Waals surface area contributed by atoms with E-state index in [0.717, 1.165) is 17.5 Å². The van der Waals surface area contributed by atoms with Crippen LogP contribution in [0.4, 0.5) is 17.6 Å². The Morgan fingerprint density at radius 3 is 2.50 bits per heavy atom. The number of hydrogen-bond donors (Lipinski definition) is 1. The van der Waals surface area contributed by atoms with Gasteiger partial charge in [0, 0.05) is 12.5 Å². The molecular formula is C15H21F4N. The number of alkyl halides is 3. The standard InChI is InChI=1S/C15H21F4N/c1-3-8-20-14(6-7-15(17,18)19)10-12-4-5-13(16)9-11(12)2/h4-5,9,14,20H,3,6-8,10H2,1-2H3. The van der Waals surface area contributed by atoms with Crippen molar-refractivity contribution < 1.29 is 17.6 Å². The van der Waals surface area contributed by atoms with Crippen molar-refractivity contribution >= 4 is 0 Å². The first-order valence-corrected chi connectivity index (χ1v) is 6.87. The number of hydrogen-bond acceptors (Lipinski definition) is 1. The second-order valence-corrected chi connectivity index (χ2v) is 5.08. The summed E-state index contributed by atoms with van der Waals surface area (Å²) in [5, 5.41) is 3.14. The van der Waals surface area contributed by atoms with E-state index in [0.29, 0.717) is 13.0 Å². The lowest BCUT2D eigenvalue weighted by Crippen LogP contribution is -2.33. The van der Waals surface area contributed by atoms with Gasteiger partial charge in [0.1, 0.15) is 5.82 Å². The topological polar surface area (TPSA) is 12.0 Å². The van der Waals surface area contributed by atoms with Gasteiger partial charge in [-0.25, -0.2) is 4.39 Å². The third kappa shape index (κ3) is 6.37. The van der Waals surface area contributed by atoms with Gasteiger partial charge < -0.3 is 5.32 Å². The Hall–Kier alpha value is -1.10. The van der Waals surface area contributed by atoms with Crippen LogP contribution in [-0.4, -0.2) is 18.8 Å². The lowest BCUT2D eigenvalue weighted by molar-refractivity contribution is -0.136. The fourth-order valence-electron chi connectivity index (χ4n) is 2.12. The van der Waals surface area contributed by atoms with Gasteiger partial charge in [0.2, 0.25) is 0 Å². The van der Waals surface area contributed by atoms with Crippen molar-refractivity contribution in [2.24, 2.45) is 0 Å². The van der Waals surface area contributed by atoms with Crippen molar-refractivity contribution in [1.82, 2.24) is 5.32 Å². The molecule has 20 heavy (non-hydrogen) atoms. The maximum Gasteiger partial charge on any atom is 0.389 e. The van der Waals surface area contributed by atoms with Crippen LogP contribution in [0.5, 0.6) is 0 Å². The summed E-state index contributed by atoms with van der Waals surface area (Å²) < 4.78 is 50.0. The fraction of sp³-hybridized carbons (Fsp3) is 0.600. The van der Waals surface area contributed by atoms with E-state index in [9.17, 15) is 17.6 Å². The van der Waals surface area contributed by atoms with Gasteiger partial charge >= 0.3 is 6.18 Å². The van der Waals surface area contributed by atoms with Crippen molar-refractivity contribution in [3.05, 3.63) is 35.1 Å². The predicted octanol–water partition coefficient (Wildman–Crippen LogP) is 4.39. The van der Waals surface area contributed by atoms with Gasteiger partial charge in [-0.05, 0) is 56.0 Å². The number of benzene rings is 1. The molecular weight excluding hydrogens is 270 g/mol. The van der Waals surface area contributed by atoms with Gasteiger partial charge in [-0.15, -0.1) is 0 Å². The molecule has 0 spiro atoms. The molecule has 1 atom stereocenters. The Bertz CT molecular complexity index is 415. The van der Waals surface area contributed by atoms with E-state index in [1.165, 1.54) is 12.1 Å². The van der Waals surface area contributed by atoms with Gasteiger partial charge in [0.15, 0.2) is 0 Å². The average molecular weight is 291 g/mol. The van der Waals surface area contributed by atoms with Crippen LogP contribution >= 0.6 is 0 Å². The Morgan fingerprint density at radius 2 is 1.95 bits per heavy atom. The first-order valence-electron chi connectivity index (χ1n) is 6.87. The Labute approximate surface area is 117 Å². The quantitative estimate of drug-likeness (QED) is 0.735. The van der Waals surface area contributed by atoms with Crippen molar-refractivity contribution in [2.75, 3.05) is 6.54 Å². The van der Waals surface area contributed by atoms with Crippen molar-refractivity contribution in [3.8, 4) is 0 Å². The zero-order valence-corrected chi connectivity index (χ0v) is 11.9. The molecule has 0 fully saturated rings. The highest BCUT2D eigenvalue weighted by Gasteiger charge is 2.28. The Morgan fingerprint density at radius 1 is 1.25 bits per heavy atom. The average Bonchev–Trinajstić information content (AvgIpc) is 2.34. The van der Waals surface area contributed by atoms with Crippen LogP contribution in [-0.2, 0) is 6.42 Å². The molecule has 1 aromatic rings. The second-order valence-electron chi connectivity index (χ2n) is 5.08. The monoisotopic (exact) mass is 291 g/mol. The highest BCUT2D eigenvalue weighted by Crippen LogP contribution is 2.23. The number of halogens is 4. The second kappa shape index (κ2) is 7.62. The fourth-order valence-corrected chi connectivity index (χ4v) is 2.12. The molecule has 5 heteroatoms. The third-order valence-electron chi connectivity index (χ3n) is 3.23. The van der Waals surface area contributed by atoms with E-state index >= 15 is 0 Å². The molecule has 0 amide bonds. The zero-order valence-electron chi connectivity index (χ0n) is 11.9. The summed E-state index contributed by atoms with van der Waals surface area (Å²) in [5.41, 5.74) is 1.67. The number of aryl methyl sites for hydroxylation is 1. The largest absolute Gasteiger partial charge is 0.389 e. The Kier molecular flexibility index (Phi) is 6.46. The molecule has 1 aromatic carbocycles. The summed E-state index contributed by atoms with van der Waals surface area (Å²) in [6.45, 7) is 4.43. The minimum Gasteiger partial charge on any atom is -0.314 e. The van der Waals surface area contributed by atoms with Gasteiger partial charge in [0.25, 0.3) is 0 Å². The summed E-state index contributed by atoms with van der Waals surface area (Å²) in [6.07, 6.45) is -3.54. The molecule has 1 unspecified atom stereocenters. The molecule has 0 saturated heterocycles. The normalized spacial score (nSPS) is 13.5. The van der Waals surface area contributed by atoms with E-state index in [4.69, 9.17) is 0 Å². The SMILES string of the molecule is CCCNC(CCC(F)(F)F)Cc1ccc(F)cc1C. The highest BCUT2D eigenvalue weighted by atomic mass is 19.4. The highest BCUT2D eigenvalue weighted by molar-refractivity contribution is 5.27. The molecule has 0 heterocycles. The van der Waals surface area contributed by atoms with Crippen molar-refractivity contribution in [1.29, 1.82) is 0 Å². The summed E-state index contributed by atoms with van der Waals surface area (Å²) in [6, 6.07) is 4.18. The molecule has 0 aliphatic carbocycles. The molecule has 0 aliphatic heterocycles. The Balaban J connectivity index is 2.67. The minimum absolute atomic E-state index is 0.0420. The van der Waals surface area contributed by atoms with Crippen molar-refractivity contribution in [3.63, 3.8) is 0 Å². The summed E-state index contributed by atoms with van der Waals surface area (Å²) >= 11 is 0. The van der Waals surface area contributed by atoms with Crippen LogP contribution in [0.1, 0.15) is 37.3 Å². The van der Waals surface area contributed by atoms with Gasteiger partial charge in [0.05, 0.1) is 0 Å². The van der Waals surface area contributed by atoms with E-state index in [1.54, 1.807) is 13.0 Å². The van der Waals surface area contributed by atoms with Crippen LogP contribution < -0.4 is 5.32 Å². The molecule has 0 saturated carbocycles. The lowest BCUT2D eigenvalue weighted by atomic mass is 9.98. The van der Waals surface area contributed by atoms with E-state index in [2.05, 4.69) is 5.32 Å². The van der Waals surface area contributed by atoms with Gasteiger partial charge in [-0.1, -0.05) is 13.0 Å². The lowest BCUT2D eigenvalue weighted by Gasteiger charge is -2.20. The van der Waals surface area contributed by atoms with E-state index in [1.807, 2.05) is 6.92 Å². The van der Waals surface area contributed by atoms with Crippen LogP contribution in [0.25, 0.3) is 0 Å². The molecule has 0 radical (unpaired) electrons. The van der Waals surface area contributed by atoms with Crippen molar-refractivity contribution in [2.45, 2.75) is 51.7 Å². The molecule has 1 rings (SSSR count). The third-order valence-corrected chi connectivity index (χ3v) is 3.23. The first-order chi connectivity index (χ1) is 9.31. The van der Waals surface area contributed by atoms with Crippen LogP contribution in [0.3, 0.4) is 0 Å².